The van der Waals surface area contributed by atoms with Crippen molar-refractivity contribution in [2.45, 2.75) is 32.7 Å². The highest BCUT2D eigenvalue weighted by Gasteiger charge is 2.09. The Morgan fingerprint density at radius 2 is 1.20 bits per heavy atom. The third kappa shape index (κ3) is 4.67. The first-order valence-corrected chi connectivity index (χ1v) is 9.02. The Labute approximate surface area is 151 Å². The highest BCUT2D eigenvalue weighted by molar-refractivity contribution is 6.12. The van der Waals surface area contributed by atoms with Crippen LogP contribution in [0.5, 0.6) is 0 Å². The monoisotopic (exact) mass is 327 g/mol. The molecule has 3 aromatic carbocycles. The fraction of sp³-hybridized carbons (Fsp3) is 0.208. The van der Waals surface area contributed by atoms with Gasteiger partial charge in [-0.1, -0.05) is 91.9 Å². The molecule has 1 atom stereocenters. The number of hydrogen-bond donors (Lipinski definition) is 0. The van der Waals surface area contributed by atoms with Gasteiger partial charge in [0, 0.05) is 11.1 Å². The van der Waals surface area contributed by atoms with E-state index in [0.29, 0.717) is 0 Å². The van der Waals surface area contributed by atoms with Crippen LogP contribution in [-0.4, -0.2) is 11.8 Å². The second-order valence-corrected chi connectivity index (χ2v) is 6.43. The van der Waals surface area contributed by atoms with Gasteiger partial charge in [-0.25, -0.2) is 0 Å². The van der Waals surface area contributed by atoms with Gasteiger partial charge in [0.2, 0.25) is 0 Å². The summed E-state index contributed by atoms with van der Waals surface area (Å²) in [5, 5.41) is 0. The normalized spacial score (nSPS) is 11.8. The molecule has 0 aliphatic heterocycles. The maximum absolute atomic E-state index is 5.07. The van der Waals surface area contributed by atoms with Crippen LogP contribution in [0.4, 0.5) is 0 Å². The zero-order chi connectivity index (χ0) is 17.5. The number of aliphatic imine (C=N–C) groups is 1. The minimum absolute atomic E-state index is 0.225. The van der Waals surface area contributed by atoms with Crippen LogP contribution in [0.15, 0.2) is 89.9 Å². The number of aryl methyl sites for hydroxylation is 1. The van der Waals surface area contributed by atoms with Crippen molar-refractivity contribution >= 4 is 5.71 Å². The first-order chi connectivity index (χ1) is 12.3. The van der Waals surface area contributed by atoms with Crippen molar-refractivity contribution in [3.63, 3.8) is 0 Å². The van der Waals surface area contributed by atoms with Crippen molar-refractivity contribution in [3.05, 3.63) is 107 Å². The molecule has 0 bridgehead atoms. The van der Waals surface area contributed by atoms with Crippen LogP contribution in [0.3, 0.4) is 0 Å². The summed E-state index contributed by atoms with van der Waals surface area (Å²) in [5.41, 5.74) is 6.13. The molecule has 1 nitrogen and oxygen atoms in total. The molecule has 0 heterocycles. The highest BCUT2D eigenvalue weighted by atomic mass is 14.8. The predicted octanol–water partition coefficient (Wildman–Crippen LogP) is 5.72. The van der Waals surface area contributed by atoms with E-state index in [9.17, 15) is 0 Å². The third-order valence-corrected chi connectivity index (χ3v) is 4.41. The summed E-state index contributed by atoms with van der Waals surface area (Å²) in [6.45, 7) is 4.38. The smallest absolute Gasteiger partial charge is 0.0722 e. The van der Waals surface area contributed by atoms with Gasteiger partial charge in [-0.05, 0) is 30.9 Å². The van der Waals surface area contributed by atoms with Gasteiger partial charge in [-0.2, -0.15) is 0 Å². The Balaban J connectivity index is 1.87. The molecule has 0 spiro atoms. The Kier molecular flexibility index (Phi) is 5.79. The topological polar surface area (TPSA) is 12.4 Å². The largest absolute Gasteiger partial charge is 0.281 e. The van der Waals surface area contributed by atoms with Crippen LogP contribution in [0, 0.1) is 0 Å². The maximum Gasteiger partial charge on any atom is 0.0722 e. The number of benzene rings is 3. The molecule has 1 heteroatoms. The molecule has 0 radical (unpaired) electrons. The lowest BCUT2D eigenvalue weighted by Gasteiger charge is -2.13. The highest BCUT2D eigenvalue weighted by Crippen LogP contribution is 2.15. The zero-order valence-corrected chi connectivity index (χ0v) is 15.0. The van der Waals surface area contributed by atoms with Crippen molar-refractivity contribution in [1.29, 1.82) is 0 Å². The van der Waals surface area contributed by atoms with Gasteiger partial charge in [0.25, 0.3) is 0 Å². The molecule has 25 heavy (non-hydrogen) atoms. The average Bonchev–Trinajstić information content (AvgIpc) is 2.68. The summed E-state index contributed by atoms with van der Waals surface area (Å²) in [7, 11) is 0. The first kappa shape index (κ1) is 17.2. The van der Waals surface area contributed by atoms with Crippen LogP contribution in [0.2, 0.25) is 0 Å². The third-order valence-electron chi connectivity index (χ3n) is 4.41. The number of nitrogens with zero attached hydrogens (tertiary/aromatic N) is 1. The maximum atomic E-state index is 5.07. The van der Waals surface area contributed by atoms with E-state index in [0.717, 1.165) is 18.6 Å². The van der Waals surface area contributed by atoms with E-state index >= 15 is 0 Å². The van der Waals surface area contributed by atoms with Gasteiger partial charge in [0.1, 0.15) is 0 Å². The molecular weight excluding hydrogens is 302 g/mol. The van der Waals surface area contributed by atoms with Crippen LogP contribution < -0.4 is 0 Å². The molecule has 0 aliphatic carbocycles. The van der Waals surface area contributed by atoms with E-state index in [4.69, 9.17) is 4.99 Å². The molecule has 3 rings (SSSR count). The summed E-state index contributed by atoms with van der Waals surface area (Å²) in [4.78, 5) is 5.07. The second-order valence-electron chi connectivity index (χ2n) is 6.43. The van der Waals surface area contributed by atoms with Crippen molar-refractivity contribution in [2.24, 2.45) is 4.99 Å². The summed E-state index contributed by atoms with van der Waals surface area (Å²) < 4.78 is 0. The number of rotatable bonds is 6. The van der Waals surface area contributed by atoms with E-state index in [-0.39, 0.29) is 6.04 Å². The molecule has 0 fully saturated rings. The van der Waals surface area contributed by atoms with Gasteiger partial charge in [0.05, 0.1) is 11.8 Å². The van der Waals surface area contributed by atoms with Crippen molar-refractivity contribution in [1.82, 2.24) is 0 Å². The quantitative estimate of drug-likeness (QED) is 0.514. The lowest BCUT2D eigenvalue weighted by Crippen LogP contribution is -2.11. The first-order valence-electron chi connectivity index (χ1n) is 9.02. The molecule has 0 N–H and O–H groups in total. The fourth-order valence-electron chi connectivity index (χ4n) is 3.03. The molecule has 0 saturated carbocycles. The minimum Gasteiger partial charge on any atom is -0.281 e. The average molecular weight is 327 g/mol. The lowest BCUT2D eigenvalue weighted by molar-refractivity contribution is 0.740. The Morgan fingerprint density at radius 1 is 0.720 bits per heavy atom. The van der Waals surface area contributed by atoms with Crippen LogP contribution in [-0.2, 0) is 12.8 Å². The molecule has 0 aromatic heterocycles. The van der Waals surface area contributed by atoms with E-state index in [1.807, 2.05) is 12.1 Å². The van der Waals surface area contributed by atoms with Crippen molar-refractivity contribution in [3.8, 4) is 0 Å². The van der Waals surface area contributed by atoms with E-state index < -0.39 is 0 Å². The molecule has 0 amide bonds. The Morgan fingerprint density at radius 3 is 1.68 bits per heavy atom. The predicted molar refractivity (Wildman–Crippen MR) is 108 cm³/mol. The van der Waals surface area contributed by atoms with Crippen LogP contribution in [0.1, 0.15) is 36.1 Å². The second kappa shape index (κ2) is 8.43. The van der Waals surface area contributed by atoms with E-state index in [1.54, 1.807) is 0 Å². The standard InChI is InChI=1S/C24H25N/c1-3-20-14-16-21(17-15-20)18-19(2)25-24(22-10-6-4-7-11-22)23-12-8-5-9-13-23/h4-17,19H,3,18H2,1-2H3. The number of hydrogen-bond acceptors (Lipinski definition) is 1. The van der Waals surface area contributed by atoms with Crippen molar-refractivity contribution < 1.29 is 0 Å². The SMILES string of the molecule is CCc1ccc(CC(C)N=C(c2ccccc2)c2ccccc2)cc1. The zero-order valence-electron chi connectivity index (χ0n) is 15.0. The van der Waals surface area contributed by atoms with Gasteiger partial charge in [-0.15, -0.1) is 0 Å². The van der Waals surface area contributed by atoms with Gasteiger partial charge >= 0.3 is 0 Å². The molecule has 1 unspecified atom stereocenters. The Hall–Kier alpha value is -2.67. The van der Waals surface area contributed by atoms with Gasteiger partial charge in [-0.3, -0.25) is 4.99 Å². The lowest BCUT2D eigenvalue weighted by atomic mass is 10.0. The molecule has 0 aliphatic rings. The Bertz CT molecular complexity index is 760. The molecule has 3 aromatic rings. The van der Waals surface area contributed by atoms with Crippen LogP contribution >= 0.6 is 0 Å². The van der Waals surface area contributed by atoms with E-state index in [2.05, 4.69) is 86.6 Å². The molecule has 0 saturated heterocycles. The van der Waals surface area contributed by atoms with E-state index in [1.165, 1.54) is 22.3 Å². The summed E-state index contributed by atoms with van der Waals surface area (Å²) in [5.74, 6) is 0. The minimum atomic E-state index is 0.225. The molecular formula is C24H25N. The summed E-state index contributed by atoms with van der Waals surface area (Å²) in [6.07, 6.45) is 2.04. The summed E-state index contributed by atoms with van der Waals surface area (Å²) >= 11 is 0. The summed E-state index contributed by atoms with van der Waals surface area (Å²) in [6, 6.07) is 30.0. The fourth-order valence-corrected chi connectivity index (χ4v) is 3.03. The molecule has 126 valence electrons. The van der Waals surface area contributed by atoms with Gasteiger partial charge < -0.3 is 0 Å². The van der Waals surface area contributed by atoms with Crippen LogP contribution in [0.25, 0.3) is 0 Å². The van der Waals surface area contributed by atoms with Crippen molar-refractivity contribution in [2.75, 3.05) is 0 Å². The van der Waals surface area contributed by atoms with Gasteiger partial charge in [0.15, 0.2) is 0 Å².